The number of rotatable bonds is 3. The molecule has 4 aromatic rings. The number of hydrogen-bond donors (Lipinski definition) is 1. The summed E-state index contributed by atoms with van der Waals surface area (Å²) in [6.45, 7) is 25.7. The normalized spacial score (nSPS) is 17.9. The van der Waals surface area contributed by atoms with Crippen molar-refractivity contribution in [1.29, 1.82) is 0 Å². The molecule has 0 saturated heterocycles. The van der Waals surface area contributed by atoms with Gasteiger partial charge in [-0.25, -0.2) is 9.98 Å². The van der Waals surface area contributed by atoms with E-state index in [1.165, 1.54) is 0 Å². The van der Waals surface area contributed by atoms with Crippen molar-refractivity contribution in [1.82, 2.24) is 0 Å². The topological polar surface area (TPSA) is 62.0 Å². The van der Waals surface area contributed by atoms with Gasteiger partial charge >= 0.3 is 0 Å². The Kier molecular flexibility index (Phi) is 10.8. The van der Waals surface area contributed by atoms with Crippen LogP contribution in [0.25, 0.3) is 32.7 Å². The molecule has 53 heavy (non-hydrogen) atoms. The molecule has 2 aliphatic rings. The van der Waals surface area contributed by atoms with Crippen molar-refractivity contribution in [2.75, 3.05) is 0 Å². The number of hydrogen-bond acceptors (Lipinski definition) is 4. The monoisotopic (exact) mass is 752 g/mol. The van der Waals surface area contributed by atoms with Gasteiger partial charge in [-0.3, -0.25) is 4.79 Å². The third-order valence-corrected chi connectivity index (χ3v) is 10.1. The fourth-order valence-corrected chi connectivity index (χ4v) is 6.89. The van der Waals surface area contributed by atoms with Crippen LogP contribution < -0.4 is 0 Å². The average molecular weight is 754 g/mol. The number of carbonyl (C=O) groups is 1. The molecular weight excluding hydrogens is 700 g/mol. The minimum absolute atomic E-state index is 0. The number of carbonyl (C=O) groups excluding carboxylic acids is 1. The zero-order valence-electron chi connectivity index (χ0n) is 33.3. The number of Topliss-reactive ketones (excluding diaryl/α,β-unsaturated/α-hetero) is 1. The molecule has 5 heteroatoms. The molecule has 1 N–H and O–H groups in total. The quantitative estimate of drug-likeness (QED) is 0.167. The summed E-state index contributed by atoms with van der Waals surface area (Å²) >= 11 is 0. The molecule has 0 fully saturated rings. The minimum atomic E-state index is -0.355. The molecule has 0 heterocycles. The summed E-state index contributed by atoms with van der Waals surface area (Å²) in [5.41, 5.74) is 6.97. The molecule has 6 rings (SSSR count). The second-order valence-corrected chi connectivity index (χ2v) is 18.3. The van der Waals surface area contributed by atoms with Gasteiger partial charge in [-0.15, -0.1) is 0 Å². The molecular formula is C48H53CuN2O2. The molecule has 0 aromatic heterocycles. The van der Waals surface area contributed by atoms with Crippen LogP contribution in [0.2, 0.25) is 0 Å². The van der Waals surface area contributed by atoms with Crippen LogP contribution >= 0.6 is 0 Å². The predicted octanol–water partition coefficient (Wildman–Crippen LogP) is 13.2. The maximum absolute atomic E-state index is 14.3. The number of benzene rings is 4. The molecule has 4 nitrogen and oxygen atoms in total. The molecule has 0 spiro atoms. The zero-order chi connectivity index (χ0) is 38.0. The predicted molar refractivity (Wildman–Crippen MR) is 221 cm³/mol. The number of ketones is 1. The molecule has 2 radical (unpaired) electrons. The van der Waals surface area contributed by atoms with Crippen LogP contribution in [0.5, 0.6) is 0 Å². The van der Waals surface area contributed by atoms with Crippen molar-refractivity contribution in [2.24, 2.45) is 31.6 Å². The van der Waals surface area contributed by atoms with Crippen molar-refractivity contribution in [2.45, 2.75) is 83.1 Å². The molecule has 0 atom stereocenters. The maximum Gasteiger partial charge on any atom is 0.207 e. The number of allylic oxidation sites excluding steroid dienone is 6. The summed E-state index contributed by atoms with van der Waals surface area (Å²) in [7, 11) is 0. The molecule has 0 saturated carbocycles. The number of nitrogens with zero attached hydrogens (tertiary/aromatic N) is 2. The van der Waals surface area contributed by atoms with Crippen LogP contribution in [0.4, 0.5) is 11.4 Å². The van der Waals surface area contributed by atoms with E-state index in [0.717, 1.165) is 55.0 Å². The second kappa shape index (κ2) is 14.2. The van der Waals surface area contributed by atoms with Gasteiger partial charge in [-0.05, 0) is 84.2 Å². The Morgan fingerprint density at radius 1 is 0.472 bits per heavy atom. The standard InChI is InChI=1S/C48H53N2O2.Cu/c1-45(2,3)31-25-35(47(7,8)9)43(51)39(27-31)49-37-23-21-29-17-13-15-19-33(29)41(37)42-34-20-16-14-18-30(34)22-24-38(42)50-40-28-32(46(4,5)6)26-36(44(40)52)48(10,11)12;/h13-28,51H,1-12H3;. The van der Waals surface area contributed by atoms with Crippen LogP contribution in [0.15, 0.2) is 129 Å². The smallest absolute Gasteiger partial charge is 0.207 e. The van der Waals surface area contributed by atoms with Gasteiger partial charge in [0.15, 0.2) is 6.10 Å². The Hall–Kier alpha value is -4.15. The van der Waals surface area contributed by atoms with Gasteiger partial charge in [0.2, 0.25) is 5.78 Å². The zero-order valence-corrected chi connectivity index (χ0v) is 34.2. The van der Waals surface area contributed by atoms with E-state index >= 15 is 0 Å². The van der Waals surface area contributed by atoms with Gasteiger partial charge in [0.1, 0.15) is 5.71 Å². The molecule has 2 aliphatic carbocycles. The van der Waals surface area contributed by atoms with E-state index in [1.807, 2.05) is 48.6 Å². The first kappa shape index (κ1) is 40.0. The first-order chi connectivity index (χ1) is 24.1. The Morgan fingerprint density at radius 3 is 1.30 bits per heavy atom. The Balaban J connectivity index is 0.00000541. The first-order valence-electron chi connectivity index (χ1n) is 18.4. The number of aliphatic hydroxyl groups excluding tert-OH is 1. The average Bonchev–Trinajstić information content (AvgIpc) is 3.04. The SMILES string of the molecule is CC(C)(C)C1=CC(=Nc2ccc3ccccc3c2-c2c(N=C3C=C(C(C)(C)C)C=C(C(C)(C)C)C3=O)ccc3ccccc23)[C](O)C(C(C)(C)C)=C1.[Cu]. The third kappa shape index (κ3) is 8.04. The first-order valence-corrected chi connectivity index (χ1v) is 18.4. The van der Waals surface area contributed by atoms with Crippen molar-refractivity contribution in [3.8, 4) is 11.1 Å². The van der Waals surface area contributed by atoms with Crippen molar-refractivity contribution < 1.29 is 27.0 Å². The fourth-order valence-electron chi connectivity index (χ4n) is 6.89. The van der Waals surface area contributed by atoms with Gasteiger partial charge in [-0.2, -0.15) is 0 Å². The maximum atomic E-state index is 14.3. The molecule has 0 amide bonds. The number of fused-ring (bicyclic) bond motifs is 2. The van der Waals surface area contributed by atoms with E-state index in [-0.39, 0.29) is 50.6 Å². The van der Waals surface area contributed by atoms with E-state index in [0.29, 0.717) is 22.8 Å². The van der Waals surface area contributed by atoms with Gasteiger partial charge in [0.05, 0.1) is 17.1 Å². The van der Waals surface area contributed by atoms with Crippen LogP contribution in [-0.2, 0) is 21.9 Å². The van der Waals surface area contributed by atoms with Crippen LogP contribution in [0, 0.1) is 27.8 Å². The van der Waals surface area contributed by atoms with E-state index < -0.39 is 0 Å². The van der Waals surface area contributed by atoms with Gasteiger partial charge < -0.3 is 5.11 Å². The molecule has 4 aromatic carbocycles. The van der Waals surface area contributed by atoms with Crippen LogP contribution in [0.1, 0.15) is 83.1 Å². The van der Waals surface area contributed by atoms with Crippen LogP contribution in [0.3, 0.4) is 0 Å². The van der Waals surface area contributed by atoms with Crippen LogP contribution in [-0.4, -0.2) is 22.3 Å². The molecule has 278 valence electrons. The van der Waals surface area contributed by atoms with E-state index in [1.54, 1.807) is 0 Å². The minimum Gasteiger partial charge on any atom is -0.375 e. The Morgan fingerprint density at radius 2 is 0.868 bits per heavy atom. The summed E-state index contributed by atoms with van der Waals surface area (Å²) in [6.07, 6.45) is 8.36. The third-order valence-electron chi connectivity index (χ3n) is 10.1. The molecule has 0 aliphatic heterocycles. The Labute approximate surface area is 327 Å². The Bertz CT molecular complexity index is 2300. The van der Waals surface area contributed by atoms with E-state index in [4.69, 9.17) is 9.98 Å². The van der Waals surface area contributed by atoms with Crippen molar-refractivity contribution in [3.63, 3.8) is 0 Å². The van der Waals surface area contributed by atoms with Gasteiger partial charge in [0.25, 0.3) is 0 Å². The molecule has 0 unspecified atom stereocenters. The van der Waals surface area contributed by atoms with E-state index in [2.05, 4.69) is 132 Å². The largest absolute Gasteiger partial charge is 0.375 e. The van der Waals surface area contributed by atoms with Crippen molar-refractivity contribution in [3.05, 3.63) is 125 Å². The summed E-state index contributed by atoms with van der Waals surface area (Å²) in [5, 5.41) is 16.0. The summed E-state index contributed by atoms with van der Waals surface area (Å²) in [6, 6.07) is 24.9. The van der Waals surface area contributed by atoms with Gasteiger partial charge in [-0.1, -0.05) is 156 Å². The summed E-state index contributed by atoms with van der Waals surface area (Å²) in [5.74, 6) is -0.0546. The number of aliphatic hydroxyl groups is 1. The second-order valence-electron chi connectivity index (χ2n) is 18.3. The fraction of sp³-hybridized carbons (Fsp3) is 0.333. The van der Waals surface area contributed by atoms with E-state index in [9.17, 15) is 9.90 Å². The summed E-state index contributed by atoms with van der Waals surface area (Å²) in [4.78, 5) is 24.9. The molecule has 0 bridgehead atoms. The summed E-state index contributed by atoms with van der Waals surface area (Å²) < 4.78 is 0. The van der Waals surface area contributed by atoms with Crippen molar-refractivity contribution >= 4 is 50.1 Å². The van der Waals surface area contributed by atoms with Gasteiger partial charge in [0, 0.05) is 33.8 Å². The number of aliphatic imine (C=N–C) groups is 2.